The molecule has 2 rings (SSSR count). The SMILES string of the molecule is NCCNC(=O)c1cc(N=Nc2ccc(C(=O)NCCC(=O)[O-])cc2)ccc1O.[Na+]. The number of rotatable bonds is 9. The molecule has 2 amide bonds. The molecule has 0 aliphatic carbocycles. The number of nitrogens with two attached hydrogens (primary N) is 1. The van der Waals surface area contributed by atoms with Gasteiger partial charge in [0.05, 0.1) is 16.9 Å². The molecule has 152 valence electrons. The Bertz CT molecular complexity index is 918. The Kier molecular flexibility index (Phi) is 10.7. The third-order valence-corrected chi connectivity index (χ3v) is 3.68. The van der Waals surface area contributed by atoms with Crippen molar-refractivity contribution in [3.63, 3.8) is 0 Å². The second kappa shape index (κ2) is 12.7. The molecule has 0 fully saturated rings. The predicted octanol–water partition coefficient (Wildman–Crippen LogP) is -2.63. The van der Waals surface area contributed by atoms with E-state index in [0.717, 1.165) is 0 Å². The standard InChI is InChI=1S/C19H21N5O5.Na/c20-8-10-22-19(29)15-11-14(5-6-16(15)25)24-23-13-3-1-12(2-4-13)18(28)21-9-7-17(26)27;/h1-6,11,25H,7-10,20H2,(H,21,28)(H,22,29)(H,26,27);/q;+1/p-1. The van der Waals surface area contributed by atoms with E-state index in [1.165, 1.54) is 30.3 Å². The molecule has 0 aliphatic heterocycles. The van der Waals surface area contributed by atoms with E-state index in [2.05, 4.69) is 20.9 Å². The maximum Gasteiger partial charge on any atom is 1.00 e. The molecule has 0 heterocycles. The quantitative estimate of drug-likeness (QED) is 0.255. The molecule has 2 aromatic rings. The second-order valence-electron chi connectivity index (χ2n) is 5.87. The van der Waals surface area contributed by atoms with E-state index in [1.54, 1.807) is 12.1 Å². The number of aliphatic carboxylic acids is 1. The Morgan fingerprint density at radius 1 is 0.933 bits per heavy atom. The number of phenols is 1. The number of aromatic hydroxyl groups is 1. The van der Waals surface area contributed by atoms with Crippen molar-refractivity contribution >= 4 is 29.2 Å². The van der Waals surface area contributed by atoms with Crippen molar-refractivity contribution in [1.82, 2.24) is 10.6 Å². The smallest absolute Gasteiger partial charge is 0.550 e. The van der Waals surface area contributed by atoms with Crippen LogP contribution in [0, 0.1) is 0 Å². The van der Waals surface area contributed by atoms with Crippen LogP contribution in [0.2, 0.25) is 0 Å². The molecular formula is C19H20N5NaO5. The second-order valence-corrected chi connectivity index (χ2v) is 5.87. The predicted molar refractivity (Wildman–Crippen MR) is 102 cm³/mol. The summed E-state index contributed by atoms with van der Waals surface area (Å²) < 4.78 is 0. The summed E-state index contributed by atoms with van der Waals surface area (Å²) in [4.78, 5) is 34.2. The van der Waals surface area contributed by atoms with Gasteiger partial charge in [-0.1, -0.05) is 0 Å². The van der Waals surface area contributed by atoms with Crippen LogP contribution in [0.3, 0.4) is 0 Å². The van der Waals surface area contributed by atoms with Crippen molar-refractivity contribution in [2.45, 2.75) is 6.42 Å². The van der Waals surface area contributed by atoms with E-state index in [4.69, 9.17) is 5.73 Å². The first-order valence-electron chi connectivity index (χ1n) is 8.72. The van der Waals surface area contributed by atoms with Gasteiger partial charge in [0.1, 0.15) is 5.75 Å². The summed E-state index contributed by atoms with van der Waals surface area (Å²) in [6.45, 7) is 0.526. The van der Waals surface area contributed by atoms with E-state index in [0.29, 0.717) is 16.9 Å². The zero-order chi connectivity index (χ0) is 21.2. The van der Waals surface area contributed by atoms with Gasteiger partial charge in [-0.05, 0) is 42.5 Å². The van der Waals surface area contributed by atoms with Crippen LogP contribution in [0.5, 0.6) is 5.75 Å². The molecule has 0 saturated heterocycles. The van der Waals surface area contributed by atoms with Crippen molar-refractivity contribution in [3.05, 3.63) is 53.6 Å². The molecule has 0 radical (unpaired) electrons. The van der Waals surface area contributed by atoms with Crippen LogP contribution < -0.4 is 51.0 Å². The van der Waals surface area contributed by atoms with Crippen LogP contribution >= 0.6 is 0 Å². The molecule has 0 saturated carbocycles. The molecule has 10 nitrogen and oxygen atoms in total. The number of carbonyl (C=O) groups is 3. The third kappa shape index (κ3) is 7.91. The van der Waals surface area contributed by atoms with Gasteiger partial charge in [0, 0.05) is 37.6 Å². The fourth-order valence-electron chi connectivity index (χ4n) is 2.22. The zero-order valence-electron chi connectivity index (χ0n) is 16.4. The van der Waals surface area contributed by atoms with Crippen LogP contribution in [0.4, 0.5) is 11.4 Å². The molecule has 0 aromatic heterocycles. The van der Waals surface area contributed by atoms with Crippen LogP contribution in [0.15, 0.2) is 52.7 Å². The molecule has 30 heavy (non-hydrogen) atoms. The summed E-state index contributed by atoms with van der Waals surface area (Å²) in [7, 11) is 0. The largest absolute Gasteiger partial charge is 1.00 e. The summed E-state index contributed by atoms with van der Waals surface area (Å²) in [5.74, 6) is -2.32. The number of carboxylic acid groups (broad SMARTS) is 1. The summed E-state index contributed by atoms with van der Waals surface area (Å²) in [6, 6.07) is 10.4. The van der Waals surface area contributed by atoms with Crippen molar-refractivity contribution in [2.24, 2.45) is 16.0 Å². The van der Waals surface area contributed by atoms with Gasteiger partial charge >= 0.3 is 29.6 Å². The van der Waals surface area contributed by atoms with Gasteiger partial charge in [0.2, 0.25) is 0 Å². The molecule has 11 heteroatoms. The number of nitrogens with zero attached hydrogens (tertiary/aromatic N) is 2. The number of amides is 2. The number of benzene rings is 2. The molecule has 0 atom stereocenters. The maximum absolute atomic E-state index is 12.0. The minimum Gasteiger partial charge on any atom is -0.550 e. The Hall–Kier alpha value is -2.79. The van der Waals surface area contributed by atoms with Crippen LogP contribution in [-0.4, -0.2) is 42.5 Å². The number of carboxylic acids is 1. The van der Waals surface area contributed by atoms with Crippen LogP contribution in [0.25, 0.3) is 0 Å². The van der Waals surface area contributed by atoms with Crippen LogP contribution in [0.1, 0.15) is 27.1 Å². The van der Waals surface area contributed by atoms with Crippen LogP contribution in [-0.2, 0) is 4.79 Å². The fourth-order valence-corrected chi connectivity index (χ4v) is 2.22. The number of hydrogen-bond acceptors (Lipinski definition) is 8. The Labute approximate surface area is 194 Å². The van der Waals surface area contributed by atoms with Crippen molar-refractivity contribution in [2.75, 3.05) is 19.6 Å². The molecule has 0 unspecified atom stereocenters. The molecule has 0 aliphatic rings. The number of hydrogen-bond donors (Lipinski definition) is 4. The van der Waals surface area contributed by atoms with E-state index < -0.39 is 17.8 Å². The first-order chi connectivity index (χ1) is 13.9. The minimum absolute atomic E-state index is 0. The summed E-state index contributed by atoms with van der Waals surface area (Å²) in [5, 5.41) is 33.2. The zero-order valence-corrected chi connectivity index (χ0v) is 18.4. The van der Waals surface area contributed by atoms with Gasteiger partial charge in [-0.3, -0.25) is 9.59 Å². The van der Waals surface area contributed by atoms with Crippen molar-refractivity contribution in [1.29, 1.82) is 0 Å². The average molecular weight is 421 g/mol. The molecule has 0 bridgehead atoms. The van der Waals surface area contributed by atoms with Gasteiger partial charge < -0.3 is 31.4 Å². The molecular weight excluding hydrogens is 401 g/mol. The van der Waals surface area contributed by atoms with Gasteiger partial charge in [0.15, 0.2) is 0 Å². The van der Waals surface area contributed by atoms with E-state index in [1.807, 2.05) is 0 Å². The van der Waals surface area contributed by atoms with Crippen molar-refractivity contribution in [3.8, 4) is 5.75 Å². The van der Waals surface area contributed by atoms with Crippen molar-refractivity contribution < 1.29 is 54.2 Å². The Morgan fingerprint density at radius 2 is 1.53 bits per heavy atom. The normalized spacial score (nSPS) is 10.3. The first-order valence-corrected chi connectivity index (χ1v) is 8.72. The Morgan fingerprint density at radius 3 is 2.17 bits per heavy atom. The average Bonchev–Trinajstić information content (AvgIpc) is 2.71. The van der Waals surface area contributed by atoms with Gasteiger partial charge in [-0.15, -0.1) is 0 Å². The summed E-state index contributed by atoms with van der Waals surface area (Å²) in [5.41, 5.74) is 6.54. The minimum atomic E-state index is -1.24. The van der Waals surface area contributed by atoms with E-state index in [9.17, 15) is 24.6 Å². The van der Waals surface area contributed by atoms with E-state index >= 15 is 0 Å². The summed E-state index contributed by atoms with van der Waals surface area (Å²) >= 11 is 0. The first kappa shape index (κ1) is 25.2. The third-order valence-electron chi connectivity index (χ3n) is 3.68. The van der Waals surface area contributed by atoms with Gasteiger partial charge in [-0.2, -0.15) is 10.2 Å². The molecule has 2 aromatic carbocycles. The Balaban J connectivity index is 0.00000450. The van der Waals surface area contributed by atoms with Gasteiger partial charge in [0.25, 0.3) is 11.8 Å². The molecule has 5 N–H and O–H groups in total. The topological polar surface area (TPSA) is 169 Å². The maximum atomic E-state index is 12.0. The number of phenolic OH excluding ortho intramolecular Hbond substituents is 1. The number of azo groups is 1. The number of nitrogens with one attached hydrogen (secondary N) is 2. The fraction of sp³-hybridized carbons (Fsp3) is 0.211. The molecule has 0 spiro atoms. The van der Waals surface area contributed by atoms with E-state index in [-0.39, 0.29) is 66.9 Å². The summed E-state index contributed by atoms with van der Waals surface area (Å²) in [6.07, 6.45) is -0.267. The number of carbonyl (C=O) groups excluding carboxylic acids is 3. The van der Waals surface area contributed by atoms with Gasteiger partial charge in [-0.25, -0.2) is 0 Å². The monoisotopic (exact) mass is 421 g/mol.